The third-order valence-electron chi connectivity index (χ3n) is 3.33. The van der Waals surface area contributed by atoms with Crippen LogP contribution in [-0.4, -0.2) is 42.2 Å². The van der Waals surface area contributed by atoms with Gasteiger partial charge in [0.05, 0.1) is 12.3 Å². The van der Waals surface area contributed by atoms with Gasteiger partial charge in [-0.05, 0) is 6.92 Å². The van der Waals surface area contributed by atoms with E-state index in [0.717, 1.165) is 23.9 Å². The highest BCUT2D eigenvalue weighted by Gasteiger charge is 2.23. The topological polar surface area (TPSA) is 37.4 Å². The summed E-state index contributed by atoms with van der Waals surface area (Å²) in [6.07, 6.45) is 0. The Morgan fingerprint density at radius 2 is 2.30 bits per heavy atom. The van der Waals surface area contributed by atoms with Crippen LogP contribution in [0, 0.1) is 0 Å². The summed E-state index contributed by atoms with van der Waals surface area (Å²) >= 11 is 3.85. The molecule has 2 heterocycles. The summed E-state index contributed by atoms with van der Waals surface area (Å²) in [7, 11) is 1.73. The molecule has 1 atom stereocenters. The monoisotopic (exact) mass is 315 g/mol. The van der Waals surface area contributed by atoms with Crippen LogP contribution >= 0.6 is 23.1 Å². The van der Waals surface area contributed by atoms with Crippen LogP contribution in [-0.2, 0) is 17.9 Å². The molecular weight excluding hydrogens is 290 g/mol. The lowest BCUT2D eigenvalue weighted by atomic mass is 10.3. The van der Waals surface area contributed by atoms with E-state index in [1.807, 2.05) is 23.1 Å². The van der Waals surface area contributed by atoms with Gasteiger partial charge in [-0.25, -0.2) is 4.98 Å². The molecule has 1 unspecified atom stereocenters. The molecule has 0 saturated carbocycles. The lowest BCUT2D eigenvalue weighted by Gasteiger charge is -2.32. The SMILES string of the molecule is COCc1nc(N2CCSCC2C)sc1CNC(C)C. The third kappa shape index (κ3) is 4.10. The normalized spacial score (nSPS) is 19.9. The first-order valence-electron chi connectivity index (χ1n) is 7.17. The van der Waals surface area contributed by atoms with Crippen LogP contribution in [0.5, 0.6) is 0 Å². The molecule has 20 heavy (non-hydrogen) atoms. The lowest BCUT2D eigenvalue weighted by molar-refractivity contribution is 0.181. The molecule has 0 bridgehead atoms. The Bertz CT molecular complexity index is 423. The number of hydrogen-bond donors (Lipinski definition) is 1. The molecule has 0 aromatic carbocycles. The first-order valence-corrected chi connectivity index (χ1v) is 9.14. The molecule has 1 aromatic heterocycles. The van der Waals surface area contributed by atoms with Crippen LogP contribution < -0.4 is 10.2 Å². The fourth-order valence-electron chi connectivity index (χ4n) is 2.19. The van der Waals surface area contributed by atoms with Crippen molar-refractivity contribution in [1.82, 2.24) is 10.3 Å². The Morgan fingerprint density at radius 1 is 1.50 bits per heavy atom. The number of nitrogens with zero attached hydrogens (tertiary/aromatic N) is 2. The van der Waals surface area contributed by atoms with Gasteiger partial charge in [-0.15, -0.1) is 11.3 Å². The van der Waals surface area contributed by atoms with Crippen molar-refractivity contribution in [3.05, 3.63) is 10.6 Å². The number of ether oxygens (including phenoxy) is 1. The molecule has 2 rings (SSSR count). The molecule has 6 heteroatoms. The maximum atomic E-state index is 5.30. The second-order valence-corrected chi connectivity index (χ2v) is 7.66. The number of rotatable bonds is 6. The molecule has 0 radical (unpaired) electrons. The van der Waals surface area contributed by atoms with Crippen molar-refractivity contribution >= 4 is 28.2 Å². The van der Waals surface area contributed by atoms with Crippen molar-refractivity contribution in [2.75, 3.05) is 30.1 Å². The van der Waals surface area contributed by atoms with Crippen molar-refractivity contribution < 1.29 is 4.74 Å². The molecule has 1 saturated heterocycles. The summed E-state index contributed by atoms with van der Waals surface area (Å²) in [5, 5.41) is 4.64. The van der Waals surface area contributed by atoms with Crippen LogP contribution in [0.25, 0.3) is 0 Å². The van der Waals surface area contributed by atoms with Crippen LogP contribution in [0.15, 0.2) is 0 Å². The summed E-state index contributed by atoms with van der Waals surface area (Å²) in [5.74, 6) is 2.39. The number of anilines is 1. The van der Waals surface area contributed by atoms with Crippen molar-refractivity contribution in [3.63, 3.8) is 0 Å². The van der Waals surface area contributed by atoms with E-state index in [1.165, 1.54) is 16.4 Å². The summed E-state index contributed by atoms with van der Waals surface area (Å²) < 4.78 is 5.30. The Kier molecular flexibility index (Phi) is 6.14. The lowest BCUT2D eigenvalue weighted by Crippen LogP contribution is -2.40. The number of aromatic nitrogens is 1. The van der Waals surface area contributed by atoms with Crippen LogP contribution in [0.2, 0.25) is 0 Å². The molecule has 1 fully saturated rings. The average molecular weight is 316 g/mol. The van der Waals surface area contributed by atoms with Gasteiger partial charge in [-0.1, -0.05) is 13.8 Å². The van der Waals surface area contributed by atoms with Crippen LogP contribution in [0.4, 0.5) is 5.13 Å². The molecule has 0 aliphatic carbocycles. The molecule has 1 aromatic rings. The zero-order valence-electron chi connectivity index (χ0n) is 12.8. The van der Waals surface area contributed by atoms with E-state index in [2.05, 4.69) is 31.0 Å². The average Bonchev–Trinajstić information content (AvgIpc) is 2.80. The van der Waals surface area contributed by atoms with Gasteiger partial charge in [0.1, 0.15) is 0 Å². The summed E-state index contributed by atoms with van der Waals surface area (Å²) in [5.41, 5.74) is 1.09. The predicted molar refractivity (Wildman–Crippen MR) is 88.9 cm³/mol. The van der Waals surface area contributed by atoms with Crippen LogP contribution in [0.3, 0.4) is 0 Å². The van der Waals surface area contributed by atoms with Gasteiger partial charge < -0.3 is 15.0 Å². The number of methoxy groups -OCH3 is 1. The number of hydrogen-bond acceptors (Lipinski definition) is 6. The quantitative estimate of drug-likeness (QED) is 0.873. The summed E-state index contributed by atoms with van der Waals surface area (Å²) in [4.78, 5) is 8.57. The number of nitrogens with one attached hydrogen (secondary N) is 1. The van der Waals surface area contributed by atoms with Crippen LogP contribution in [0.1, 0.15) is 31.3 Å². The minimum atomic E-state index is 0.487. The molecule has 1 aliphatic heterocycles. The minimum Gasteiger partial charge on any atom is -0.378 e. The zero-order chi connectivity index (χ0) is 14.5. The van der Waals surface area contributed by atoms with Crippen molar-refractivity contribution in [1.29, 1.82) is 0 Å². The molecule has 4 nitrogen and oxygen atoms in total. The van der Waals surface area contributed by atoms with E-state index in [9.17, 15) is 0 Å². The van der Waals surface area contributed by atoms with E-state index in [4.69, 9.17) is 9.72 Å². The van der Waals surface area contributed by atoms with E-state index in [1.54, 1.807) is 7.11 Å². The molecular formula is C14H25N3OS2. The van der Waals surface area contributed by atoms with Crippen molar-refractivity contribution in [2.24, 2.45) is 0 Å². The first kappa shape index (κ1) is 16.1. The Morgan fingerprint density at radius 3 is 2.95 bits per heavy atom. The fraction of sp³-hybridized carbons (Fsp3) is 0.786. The smallest absolute Gasteiger partial charge is 0.186 e. The third-order valence-corrected chi connectivity index (χ3v) is 5.66. The van der Waals surface area contributed by atoms with Gasteiger partial charge in [0.25, 0.3) is 0 Å². The second kappa shape index (κ2) is 7.64. The highest BCUT2D eigenvalue weighted by Crippen LogP contribution is 2.31. The molecule has 1 N–H and O–H groups in total. The molecule has 1 aliphatic rings. The number of thiazole rings is 1. The zero-order valence-corrected chi connectivity index (χ0v) is 14.4. The minimum absolute atomic E-state index is 0.487. The van der Waals surface area contributed by atoms with Gasteiger partial charge in [-0.3, -0.25) is 0 Å². The van der Waals surface area contributed by atoms with E-state index >= 15 is 0 Å². The maximum Gasteiger partial charge on any atom is 0.186 e. The van der Waals surface area contributed by atoms with E-state index in [0.29, 0.717) is 18.7 Å². The predicted octanol–water partition coefficient (Wildman–Crippen LogP) is 2.73. The largest absolute Gasteiger partial charge is 0.378 e. The molecule has 0 spiro atoms. The molecule has 0 amide bonds. The first-order chi connectivity index (χ1) is 9.61. The van der Waals surface area contributed by atoms with E-state index in [-0.39, 0.29) is 0 Å². The van der Waals surface area contributed by atoms with Crippen molar-refractivity contribution in [2.45, 2.75) is 46.0 Å². The maximum absolute atomic E-state index is 5.30. The van der Waals surface area contributed by atoms with Gasteiger partial charge in [-0.2, -0.15) is 11.8 Å². The van der Waals surface area contributed by atoms with Gasteiger partial charge >= 0.3 is 0 Å². The van der Waals surface area contributed by atoms with Crippen molar-refractivity contribution in [3.8, 4) is 0 Å². The number of thioether (sulfide) groups is 1. The highest BCUT2D eigenvalue weighted by molar-refractivity contribution is 7.99. The standard InChI is InChI=1S/C14H25N3OS2/c1-10(2)15-7-13-12(8-18-4)16-14(20-13)17-5-6-19-9-11(17)3/h10-11,15H,5-9H2,1-4H3. The highest BCUT2D eigenvalue weighted by atomic mass is 32.2. The molecule has 114 valence electrons. The Balaban J connectivity index is 2.14. The van der Waals surface area contributed by atoms with Gasteiger partial charge in [0.15, 0.2) is 5.13 Å². The summed E-state index contributed by atoms with van der Waals surface area (Å²) in [6.45, 7) is 9.20. The van der Waals surface area contributed by atoms with Gasteiger partial charge in [0.2, 0.25) is 0 Å². The fourth-order valence-corrected chi connectivity index (χ4v) is 4.34. The van der Waals surface area contributed by atoms with E-state index < -0.39 is 0 Å². The van der Waals surface area contributed by atoms with Gasteiger partial charge in [0, 0.05) is 48.7 Å². The second-order valence-electron chi connectivity index (χ2n) is 5.45. The Labute approximate surface area is 130 Å². The Hall–Kier alpha value is -0.300. The summed E-state index contributed by atoms with van der Waals surface area (Å²) in [6, 6.07) is 1.06.